The standard InChI is InChI=1S/C4H10O.3CHF3O3S.B/c1-3-5-4-2;3*2-1(3,4)8(5,6)7;/h3-4H2,1-2H3;3*(H,5,6,7);/q;;;;+3/p-3. The summed E-state index contributed by atoms with van der Waals surface area (Å²) in [5, 5.41) is 0. The molecule has 0 aliphatic heterocycles. The molecular weight excluding hydrogens is 522 g/mol. The molecular formula is C7H10BF9O10S3. The first kappa shape index (κ1) is 39.6. The number of hydrogen-bond acceptors (Lipinski definition) is 10. The second-order valence-corrected chi connectivity index (χ2v) is 7.59. The summed E-state index contributed by atoms with van der Waals surface area (Å²) in [6.45, 7) is 5.67. The Hall–Kier alpha value is -0.875. The Balaban J connectivity index is -0.0000000929. The number of hydrogen-bond donors (Lipinski definition) is 0. The SMILES string of the molecule is CCOCC.O=S(=O)([O-])C(F)(F)F.O=S(=O)([O-])C(F)(F)F.O=S(=O)([O-])C(F)(F)F.[B+3]. The van der Waals surface area contributed by atoms with Crippen molar-refractivity contribution in [3.63, 3.8) is 0 Å². The molecule has 182 valence electrons. The monoisotopic (exact) mass is 532 g/mol. The molecule has 0 N–H and O–H groups in total. The largest absolute Gasteiger partial charge is 3.00 e. The van der Waals surface area contributed by atoms with E-state index in [4.69, 9.17) is 43.6 Å². The first-order valence-electron chi connectivity index (χ1n) is 5.80. The maximum absolute atomic E-state index is 10.7. The van der Waals surface area contributed by atoms with Gasteiger partial charge in [0, 0.05) is 13.2 Å². The molecule has 0 saturated carbocycles. The van der Waals surface area contributed by atoms with E-state index in [1.165, 1.54) is 0 Å². The van der Waals surface area contributed by atoms with Crippen molar-refractivity contribution in [1.29, 1.82) is 0 Å². The second-order valence-electron chi connectivity index (χ2n) is 3.48. The maximum Gasteiger partial charge on any atom is 3.00 e. The molecule has 0 aliphatic carbocycles. The molecule has 0 rings (SSSR count). The topological polar surface area (TPSA) is 181 Å². The Morgan fingerprint density at radius 2 is 0.667 bits per heavy atom. The fourth-order valence-electron chi connectivity index (χ4n) is 0.204. The van der Waals surface area contributed by atoms with E-state index in [2.05, 4.69) is 0 Å². The number of alkyl halides is 9. The fraction of sp³-hybridized carbons (Fsp3) is 1.00. The van der Waals surface area contributed by atoms with Crippen LogP contribution in [-0.2, 0) is 35.1 Å². The number of ether oxygens (including phenoxy) is 1. The van der Waals surface area contributed by atoms with E-state index in [1.807, 2.05) is 13.8 Å². The fourth-order valence-corrected chi connectivity index (χ4v) is 0.204. The molecule has 0 heterocycles. The molecule has 0 unspecified atom stereocenters. The summed E-state index contributed by atoms with van der Waals surface area (Å²) in [6.07, 6.45) is 0. The van der Waals surface area contributed by atoms with E-state index in [9.17, 15) is 39.5 Å². The summed E-state index contributed by atoms with van der Waals surface area (Å²) in [7, 11) is -18.3. The molecule has 0 aromatic rings. The van der Waals surface area contributed by atoms with Gasteiger partial charge in [0.2, 0.25) is 0 Å². The Bertz CT molecular complexity index is 651. The number of rotatable bonds is 2. The molecule has 0 saturated heterocycles. The average molecular weight is 532 g/mol. The van der Waals surface area contributed by atoms with E-state index >= 15 is 0 Å². The van der Waals surface area contributed by atoms with Crippen LogP contribution in [0.3, 0.4) is 0 Å². The minimum absolute atomic E-state index is 0. The molecule has 0 aromatic carbocycles. The van der Waals surface area contributed by atoms with Crippen LogP contribution in [0.25, 0.3) is 0 Å². The van der Waals surface area contributed by atoms with Crippen molar-refractivity contribution >= 4 is 38.8 Å². The molecule has 0 fully saturated rings. The molecule has 0 radical (unpaired) electrons. The average Bonchev–Trinajstić information content (AvgIpc) is 2.34. The van der Waals surface area contributed by atoms with Crippen LogP contribution in [0, 0.1) is 0 Å². The third kappa shape index (κ3) is 23.4. The van der Waals surface area contributed by atoms with Gasteiger partial charge in [0.1, 0.15) is 0 Å². The Kier molecular flexibility index (Phi) is 18.8. The molecule has 0 amide bonds. The van der Waals surface area contributed by atoms with Gasteiger partial charge in [-0.15, -0.1) is 0 Å². The minimum atomic E-state index is -6.09. The van der Waals surface area contributed by atoms with E-state index in [-0.39, 0.29) is 8.41 Å². The Labute approximate surface area is 166 Å². The molecule has 0 aliphatic rings. The van der Waals surface area contributed by atoms with Gasteiger partial charge in [-0.3, -0.25) is 0 Å². The van der Waals surface area contributed by atoms with Crippen LogP contribution in [0.4, 0.5) is 39.5 Å². The van der Waals surface area contributed by atoms with Gasteiger partial charge in [-0.25, -0.2) is 25.3 Å². The first-order valence-corrected chi connectivity index (χ1v) is 10.0. The van der Waals surface area contributed by atoms with Gasteiger partial charge >= 0.3 is 24.9 Å². The van der Waals surface area contributed by atoms with E-state index < -0.39 is 46.9 Å². The van der Waals surface area contributed by atoms with Crippen LogP contribution in [0.5, 0.6) is 0 Å². The van der Waals surface area contributed by atoms with Gasteiger partial charge < -0.3 is 18.4 Å². The van der Waals surface area contributed by atoms with E-state index in [0.29, 0.717) is 0 Å². The Morgan fingerprint density at radius 1 is 0.567 bits per heavy atom. The zero-order chi connectivity index (χ0) is 25.1. The first-order chi connectivity index (χ1) is 12.2. The molecule has 0 bridgehead atoms. The van der Waals surface area contributed by atoms with Crippen LogP contribution in [0.1, 0.15) is 13.8 Å². The molecule has 30 heavy (non-hydrogen) atoms. The van der Waals surface area contributed by atoms with Crippen LogP contribution >= 0.6 is 0 Å². The van der Waals surface area contributed by atoms with Crippen LogP contribution in [-0.4, -0.2) is 77.1 Å². The summed E-state index contributed by atoms with van der Waals surface area (Å²) in [5.74, 6) is 0. The van der Waals surface area contributed by atoms with Crippen molar-refractivity contribution in [3.8, 4) is 0 Å². The Morgan fingerprint density at radius 3 is 0.667 bits per heavy atom. The summed E-state index contributed by atoms with van der Waals surface area (Å²) in [5.41, 5.74) is -16.9. The molecule has 0 aromatic heterocycles. The smallest absolute Gasteiger partial charge is 0.741 e. The second kappa shape index (κ2) is 14.2. The van der Waals surface area contributed by atoms with Gasteiger partial charge in [0.05, 0.1) is 0 Å². The molecule has 10 nitrogen and oxygen atoms in total. The zero-order valence-electron chi connectivity index (χ0n) is 14.2. The number of halogens is 9. The van der Waals surface area contributed by atoms with E-state index in [0.717, 1.165) is 13.2 Å². The third-order valence-electron chi connectivity index (χ3n) is 1.26. The molecule has 0 spiro atoms. The maximum atomic E-state index is 10.7. The predicted octanol–water partition coefficient (Wildman–Crippen LogP) is 0.816. The van der Waals surface area contributed by atoms with Crippen molar-refractivity contribution in [2.45, 2.75) is 30.4 Å². The van der Waals surface area contributed by atoms with Crippen molar-refractivity contribution in [3.05, 3.63) is 0 Å². The van der Waals surface area contributed by atoms with Gasteiger partial charge in [0.25, 0.3) is 0 Å². The quantitative estimate of drug-likeness (QED) is 0.214. The minimum Gasteiger partial charge on any atom is -0.741 e. The van der Waals surface area contributed by atoms with Gasteiger partial charge in [0.15, 0.2) is 30.4 Å². The van der Waals surface area contributed by atoms with Crippen LogP contribution in [0.2, 0.25) is 0 Å². The summed E-state index contributed by atoms with van der Waals surface area (Å²) < 4.78 is 182. The van der Waals surface area contributed by atoms with Crippen molar-refractivity contribution < 1.29 is 83.2 Å². The summed E-state index contributed by atoms with van der Waals surface area (Å²) in [4.78, 5) is 0. The van der Waals surface area contributed by atoms with Gasteiger partial charge in [-0.2, -0.15) is 39.5 Å². The van der Waals surface area contributed by atoms with Gasteiger partial charge in [-0.05, 0) is 13.8 Å². The van der Waals surface area contributed by atoms with Crippen molar-refractivity contribution in [1.82, 2.24) is 0 Å². The summed E-state index contributed by atoms with van der Waals surface area (Å²) in [6, 6.07) is 0. The zero-order valence-corrected chi connectivity index (χ0v) is 16.6. The van der Waals surface area contributed by atoms with Crippen molar-refractivity contribution in [2.24, 2.45) is 0 Å². The summed E-state index contributed by atoms with van der Waals surface area (Å²) >= 11 is 0. The van der Waals surface area contributed by atoms with Crippen molar-refractivity contribution in [2.75, 3.05) is 13.2 Å². The van der Waals surface area contributed by atoms with E-state index in [1.54, 1.807) is 0 Å². The van der Waals surface area contributed by atoms with Crippen LogP contribution < -0.4 is 0 Å². The third-order valence-corrected chi connectivity index (χ3v) is 2.96. The normalized spacial score (nSPS) is 12.6. The molecule has 0 atom stereocenters. The predicted molar refractivity (Wildman–Crippen MR) is 75.2 cm³/mol. The molecule has 23 heteroatoms. The van der Waals surface area contributed by atoms with Crippen LogP contribution in [0.15, 0.2) is 0 Å². The van der Waals surface area contributed by atoms with Gasteiger partial charge in [-0.1, -0.05) is 0 Å².